The van der Waals surface area contributed by atoms with Gasteiger partial charge in [-0.05, 0) is 24.5 Å². The van der Waals surface area contributed by atoms with Gasteiger partial charge in [0.1, 0.15) is 6.61 Å². The second-order valence-electron chi connectivity index (χ2n) is 5.82. The maximum atomic E-state index is 12.2. The van der Waals surface area contributed by atoms with Crippen LogP contribution in [0.25, 0.3) is 0 Å². The number of para-hydroxylation sites is 1. The maximum Gasteiger partial charge on any atom is 0.407 e. The van der Waals surface area contributed by atoms with Gasteiger partial charge in [-0.2, -0.15) is 0 Å². The molecule has 0 spiro atoms. The van der Waals surface area contributed by atoms with Gasteiger partial charge in [-0.15, -0.1) is 0 Å². The van der Waals surface area contributed by atoms with E-state index in [1.807, 2.05) is 30.3 Å². The Morgan fingerprint density at radius 1 is 1.00 bits per heavy atom. The molecule has 1 amide bonds. The molecule has 0 radical (unpaired) electrons. The molecule has 28 heavy (non-hydrogen) atoms. The van der Waals surface area contributed by atoms with Crippen LogP contribution in [0.5, 0.6) is 0 Å². The molecule has 2 rings (SSSR count). The predicted molar refractivity (Wildman–Crippen MR) is 102 cm³/mol. The summed E-state index contributed by atoms with van der Waals surface area (Å²) in [5.41, 5.74) is 0.403. The zero-order valence-electron chi connectivity index (χ0n) is 15.0. The average Bonchev–Trinajstić information content (AvgIpc) is 2.69. The van der Waals surface area contributed by atoms with Crippen molar-refractivity contribution >= 4 is 21.8 Å². The second kappa shape index (κ2) is 10.4. The first-order chi connectivity index (χ1) is 13.4. The van der Waals surface area contributed by atoms with Crippen LogP contribution in [0.2, 0.25) is 0 Å². The number of rotatable bonds is 10. The molecule has 0 saturated carbocycles. The zero-order valence-corrected chi connectivity index (χ0v) is 15.9. The lowest BCUT2D eigenvalue weighted by Gasteiger charge is -2.08. The molecular weight excluding hydrogens is 386 g/mol. The first-order valence-electron chi connectivity index (χ1n) is 8.58. The largest absolute Gasteiger partial charge is 0.445 e. The summed E-state index contributed by atoms with van der Waals surface area (Å²) in [5.74, 6) is 0. The summed E-state index contributed by atoms with van der Waals surface area (Å²) < 4.78 is 31.8. The summed E-state index contributed by atoms with van der Waals surface area (Å²) in [6, 6.07) is 14.4. The first-order valence-corrected chi connectivity index (χ1v) is 10.1. The van der Waals surface area contributed by atoms with Crippen LogP contribution in [-0.4, -0.2) is 32.5 Å². The number of nitrogens with zero attached hydrogens (tertiary/aromatic N) is 1. The molecule has 0 unspecified atom stereocenters. The summed E-state index contributed by atoms with van der Waals surface area (Å²) in [7, 11) is -3.98. The monoisotopic (exact) mass is 407 g/mol. The van der Waals surface area contributed by atoms with Crippen LogP contribution >= 0.6 is 0 Å². The Kier molecular flexibility index (Phi) is 7.90. The maximum absolute atomic E-state index is 12.2. The van der Waals surface area contributed by atoms with E-state index in [1.165, 1.54) is 18.2 Å². The highest BCUT2D eigenvalue weighted by Crippen LogP contribution is 2.22. The van der Waals surface area contributed by atoms with Crippen LogP contribution < -0.4 is 10.0 Å². The van der Waals surface area contributed by atoms with Crippen molar-refractivity contribution in [3.8, 4) is 0 Å². The fourth-order valence-corrected chi connectivity index (χ4v) is 3.58. The van der Waals surface area contributed by atoms with Crippen molar-refractivity contribution in [1.29, 1.82) is 0 Å². The number of ether oxygens (including phenoxy) is 1. The lowest BCUT2D eigenvalue weighted by molar-refractivity contribution is -0.387. The Balaban J connectivity index is 1.67. The van der Waals surface area contributed by atoms with Crippen molar-refractivity contribution in [3.05, 3.63) is 70.3 Å². The van der Waals surface area contributed by atoms with Crippen LogP contribution in [0.4, 0.5) is 10.5 Å². The molecule has 0 bridgehead atoms. The van der Waals surface area contributed by atoms with Gasteiger partial charge >= 0.3 is 6.09 Å². The van der Waals surface area contributed by atoms with Gasteiger partial charge in [0.25, 0.3) is 5.69 Å². The zero-order chi connectivity index (χ0) is 20.4. The topological polar surface area (TPSA) is 128 Å². The van der Waals surface area contributed by atoms with Gasteiger partial charge in [0.15, 0.2) is 4.90 Å². The van der Waals surface area contributed by atoms with Gasteiger partial charge in [-0.25, -0.2) is 17.9 Å². The minimum atomic E-state index is -3.98. The van der Waals surface area contributed by atoms with Gasteiger partial charge < -0.3 is 10.1 Å². The van der Waals surface area contributed by atoms with Gasteiger partial charge in [0.05, 0.1) is 4.92 Å². The van der Waals surface area contributed by atoms with Gasteiger partial charge in [-0.3, -0.25) is 10.1 Å². The molecule has 0 aromatic heterocycles. The number of carbonyl (C=O) groups excluding carboxylic acids is 1. The molecule has 2 N–H and O–H groups in total. The van der Waals surface area contributed by atoms with Crippen LogP contribution in [0, 0.1) is 10.1 Å². The highest BCUT2D eigenvalue weighted by molar-refractivity contribution is 7.89. The molecular formula is C18H21N3O6S. The number of hydrogen-bond donors (Lipinski definition) is 2. The number of sulfonamides is 1. The molecule has 0 saturated heterocycles. The molecule has 0 aliphatic carbocycles. The van der Waals surface area contributed by atoms with E-state index in [0.29, 0.717) is 19.4 Å². The predicted octanol–water partition coefficient (Wildman–Crippen LogP) is 2.58. The Morgan fingerprint density at radius 3 is 2.36 bits per heavy atom. The Labute approximate surface area is 162 Å². The van der Waals surface area contributed by atoms with E-state index in [-0.39, 0.29) is 18.0 Å². The molecule has 2 aromatic rings. The standard InChI is InChI=1S/C18H21N3O6S/c22-18(27-14-15-8-2-1-3-9-15)19-12-6-7-13-20-28(25,26)17-11-5-4-10-16(17)21(23)24/h1-5,8-11,20H,6-7,12-14H2,(H,19,22). The molecule has 0 heterocycles. The Morgan fingerprint density at radius 2 is 1.64 bits per heavy atom. The van der Waals surface area contributed by atoms with Crippen LogP contribution in [0.1, 0.15) is 18.4 Å². The van der Waals surface area contributed by atoms with Gasteiger partial charge in [0.2, 0.25) is 10.0 Å². The Bertz CT molecular complexity index is 903. The summed E-state index contributed by atoms with van der Waals surface area (Å²) >= 11 is 0. The summed E-state index contributed by atoms with van der Waals surface area (Å²) in [6.45, 7) is 0.582. The number of nitro benzene ring substituents is 1. The number of carbonyl (C=O) groups is 1. The number of nitro groups is 1. The number of unbranched alkanes of at least 4 members (excludes halogenated alkanes) is 1. The lowest BCUT2D eigenvalue weighted by Crippen LogP contribution is -2.28. The molecule has 150 valence electrons. The van der Waals surface area contributed by atoms with E-state index in [0.717, 1.165) is 11.6 Å². The normalized spacial score (nSPS) is 11.0. The van der Waals surface area contributed by atoms with Crippen molar-refractivity contribution in [2.45, 2.75) is 24.3 Å². The van der Waals surface area contributed by atoms with E-state index in [1.54, 1.807) is 0 Å². The van der Waals surface area contributed by atoms with E-state index in [2.05, 4.69) is 10.0 Å². The number of alkyl carbamates (subject to hydrolysis) is 1. The van der Waals surface area contributed by atoms with Crippen molar-refractivity contribution in [1.82, 2.24) is 10.0 Å². The van der Waals surface area contributed by atoms with E-state index in [9.17, 15) is 23.3 Å². The number of benzene rings is 2. The summed E-state index contributed by atoms with van der Waals surface area (Å²) in [6.07, 6.45) is 0.405. The third-order valence-electron chi connectivity index (χ3n) is 3.73. The quantitative estimate of drug-likeness (QED) is 0.354. The van der Waals surface area contributed by atoms with Gasteiger partial charge in [0, 0.05) is 19.2 Å². The molecule has 0 aliphatic heterocycles. The fourth-order valence-electron chi connectivity index (χ4n) is 2.33. The van der Waals surface area contributed by atoms with E-state index < -0.39 is 26.7 Å². The Hall–Kier alpha value is -2.98. The van der Waals surface area contributed by atoms with E-state index in [4.69, 9.17) is 4.74 Å². The molecule has 0 aliphatic rings. The molecule has 10 heteroatoms. The molecule has 2 aromatic carbocycles. The summed E-state index contributed by atoms with van der Waals surface area (Å²) in [4.78, 5) is 21.4. The third-order valence-corrected chi connectivity index (χ3v) is 5.24. The van der Waals surface area contributed by atoms with Gasteiger partial charge in [-0.1, -0.05) is 42.5 Å². The molecule has 0 atom stereocenters. The molecule has 0 fully saturated rings. The van der Waals surface area contributed by atoms with Crippen molar-refractivity contribution < 1.29 is 22.9 Å². The SMILES string of the molecule is O=C(NCCCCNS(=O)(=O)c1ccccc1[N+](=O)[O-])OCc1ccccc1. The number of hydrogen-bond acceptors (Lipinski definition) is 6. The van der Waals surface area contributed by atoms with E-state index >= 15 is 0 Å². The van der Waals surface area contributed by atoms with Crippen LogP contribution in [-0.2, 0) is 21.4 Å². The van der Waals surface area contributed by atoms with Crippen molar-refractivity contribution in [2.24, 2.45) is 0 Å². The van der Waals surface area contributed by atoms with Crippen molar-refractivity contribution in [3.63, 3.8) is 0 Å². The number of amides is 1. The third kappa shape index (κ3) is 6.63. The first kappa shape index (κ1) is 21.3. The second-order valence-corrected chi connectivity index (χ2v) is 7.55. The van der Waals surface area contributed by atoms with Crippen molar-refractivity contribution in [2.75, 3.05) is 13.1 Å². The number of nitrogens with one attached hydrogen (secondary N) is 2. The van der Waals surface area contributed by atoms with Crippen LogP contribution in [0.3, 0.4) is 0 Å². The lowest BCUT2D eigenvalue weighted by atomic mass is 10.2. The average molecular weight is 407 g/mol. The highest BCUT2D eigenvalue weighted by Gasteiger charge is 2.24. The van der Waals surface area contributed by atoms with Crippen LogP contribution in [0.15, 0.2) is 59.5 Å². The molecule has 9 nitrogen and oxygen atoms in total. The minimum absolute atomic E-state index is 0.0924. The summed E-state index contributed by atoms with van der Waals surface area (Å²) in [5, 5.41) is 13.5. The highest BCUT2D eigenvalue weighted by atomic mass is 32.2. The fraction of sp³-hybridized carbons (Fsp3) is 0.278. The minimum Gasteiger partial charge on any atom is -0.445 e. The smallest absolute Gasteiger partial charge is 0.407 e.